The number of nitrogens with one attached hydrogen (secondary N) is 2. The van der Waals surface area contributed by atoms with Crippen molar-refractivity contribution in [2.75, 3.05) is 19.6 Å². The Morgan fingerprint density at radius 3 is 2.83 bits per heavy atom. The number of aliphatic hydroxyl groups is 1. The van der Waals surface area contributed by atoms with Crippen molar-refractivity contribution in [1.29, 1.82) is 0 Å². The van der Waals surface area contributed by atoms with Gasteiger partial charge in [0, 0.05) is 12.1 Å². The summed E-state index contributed by atoms with van der Waals surface area (Å²) in [5.74, 6) is -0.306. The Morgan fingerprint density at radius 1 is 1.44 bits per heavy atom. The molecule has 3 N–H and O–H groups in total. The fourth-order valence-corrected chi connectivity index (χ4v) is 2.33. The minimum absolute atomic E-state index is 0.0690. The second-order valence-electron chi connectivity index (χ2n) is 5.26. The van der Waals surface area contributed by atoms with Crippen LogP contribution in [0, 0.1) is 5.82 Å². The maximum Gasteiger partial charge on any atom is 0.123 e. The molecule has 100 valence electrons. The molecule has 1 heterocycles. The van der Waals surface area contributed by atoms with Crippen LogP contribution in [0.4, 0.5) is 4.39 Å². The maximum atomic E-state index is 13.1. The molecule has 2 rings (SSSR count). The van der Waals surface area contributed by atoms with Crippen LogP contribution in [0.3, 0.4) is 0 Å². The van der Waals surface area contributed by atoms with Gasteiger partial charge in [-0.3, -0.25) is 0 Å². The Morgan fingerprint density at radius 2 is 2.17 bits per heavy atom. The Balaban J connectivity index is 1.89. The molecular formula is C14H21FN2O. The summed E-state index contributed by atoms with van der Waals surface area (Å²) in [6.45, 7) is 4.63. The van der Waals surface area contributed by atoms with Crippen LogP contribution in [-0.4, -0.2) is 30.3 Å². The smallest absolute Gasteiger partial charge is 0.123 e. The summed E-state index contributed by atoms with van der Waals surface area (Å²) >= 11 is 0. The fourth-order valence-electron chi connectivity index (χ4n) is 2.33. The second-order valence-corrected chi connectivity index (χ2v) is 5.26. The molecule has 0 spiro atoms. The maximum absolute atomic E-state index is 13.1. The van der Waals surface area contributed by atoms with Crippen molar-refractivity contribution in [3.8, 4) is 0 Å². The van der Waals surface area contributed by atoms with Crippen LogP contribution in [0.2, 0.25) is 0 Å². The monoisotopic (exact) mass is 252 g/mol. The van der Waals surface area contributed by atoms with E-state index in [1.807, 2.05) is 0 Å². The van der Waals surface area contributed by atoms with Crippen molar-refractivity contribution in [2.24, 2.45) is 0 Å². The van der Waals surface area contributed by atoms with Gasteiger partial charge in [0.15, 0.2) is 0 Å². The van der Waals surface area contributed by atoms with Crippen LogP contribution < -0.4 is 10.6 Å². The molecular weight excluding hydrogens is 231 g/mol. The molecule has 4 heteroatoms. The summed E-state index contributed by atoms with van der Waals surface area (Å²) in [6.07, 6.45) is 1.43. The molecule has 1 fully saturated rings. The van der Waals surface area contributed by atoms with Gasteiger partial charge in [-0.15, -0.1) is 0 Å². The number of rotatable bonds is 4. The molecule has 0 bridgehead atoms. The van der Waals surface area contributed by atoms with Crippen molar-refractivity contribution < 1.29 is 9.50 Å². The van der Waals surface area contributed by atoms with E-state index in [4.69, 9.17) is 0 Å². The molecule has 1 aliphatic heterocycles. The molecule has 1 aromatic carbocycles. The third-order valence-electron chi connectivity index (χ3n) is 3.66. The zero-order chi connectivity index (χ0) is 13.0. The molecule has 1 aliphatic rings. The summed E-state index contributed by atoms with van der Waals surface area (Å²) in [4.78, 5) is 0. The molecule has 1 saturated heterocycles. The largest absolute Gasteiger partial charge is 0.387 e. The third kappa shape index (κ3) is 3.51. The number of β-amino-alcohol motifs (C(OH)–C–C–N with tert-alkyl or cyclic N) is 1. The highest BCUT2D eigenvalue weighted by atomic mass is 19.1. The molecule has 1 atom stereocenters. The van der Waals surface area contributed by atoms with Crippen LogP contribution in [-0.2, 0) is 0 Å². The predicted octanol–water partition coefficient (Wildman–Crippen LogP) is 1.59. The first-order valence-corrected chi connectivity index (χ1v) is 6.48. The van der Waals surface area contributed by atoms with Gasteiger partial charge in [0.25, 0.3) is 0 Å². The first-order valence-electron chi connectivity index (χ1n) is 6.48. The van der Waals surface area contributed by atoms with E-state index in [1.165, 1.54) is 12.1 Å². The van der Waals surface area contributed by atoms with Gasteiger partial charge in [-0.05, 0) is 50.6 Å². The minimum Gasteiger partial charge on any atom is -0.387 e. The van der Waals surface area contributed by atoms with E-state index in [0.29, 0.717) is 12.1 Å². The van der Waals surface area contributed by atoms with Crippen LogP contribution in [0.25, 0.3) is 0 Å². The van der Waals surface area contributed by atoms with E-state index in [2.05, 4.69) is 17.6 Å². The summed E-state index contributed by atoms with van der Waals surface area (Å²) in [7, 11) is 0. The molecule has 0 saturated carbocycles. The summed E-state index contributed by atoms with van der Waals surface area (Å²) < 4.78 is 13.1. The Bertz CT molecular complexity index is 391. The minimum atomic E-state index is -0.660. The van der Waals surface area contributed by atoms with E-state index in [-0.39, 0.29) is 11.4 Å². The summed E-state index contributed by atoms with van der Waals surface area (Å²) in [5, 5.41) is 16.8. The van der Waals surface area contributed by atoms with E-state index in [9.17, 15) is 9.50 Å². The number of hydrogen-bond donors (Lipinski definition) is 3. The highest BCUT2D eigenvalue weighted by molar-refractivity contribution is 5.19. The zero-order valence-corrected chi connectivity index (χ0v) is 10.7. The number of hydrogen-bond acceptors (Lipinski definition) is 3. The fraction of sp³-hybridized carbons (Fsp3) is 0.571. The lowest BCUT2D eigenvalue weighted by molar-refractivity contribution is 0.148. The second kappa shape index (κ2) is 5.78. The lowest BCUT2D eigenvalue weighted by Crippen LogP contribution is -2.51. The quantitative estimate of drug-likeness (QED) is 0.762. The molecule has 0 amide bonds. The molecule has 0 radical (unpaired) electrons. The summed E-state index contributed by atoms with van der Waals surface area (Å²) in [5.41, 5.74) is 0.694. The van der Waals surface area contributed by atoms with Crippen LogP contribution in [0.1, 0.15) is 31.4 Å². The van der Waals surface area contributed by atoms with E-state index < -0.39 is 6.10 Å². The van der Waals surface area contributed by atoms with Crippen molar-refractivity contribution >= 4 is 0 Å². The molecule has 18 heavy (non-hydrogen) atoms. The number of piperidine rings is 1. The third-order valence-corrected chi connectivity index (χ3v) is 3.66. The lowest BCUT2D eigenvalue weighted by atomic mass is 9.90. The van der Waals surface area contributed by atoms with Gasteiger partial charge in [0.05, 0.1) is 6.10 Å². The molecule has 0 unspecified atom stereocenters. The van der Waals surface area contributed by atoms with Gasteiger partial charge < -0.3 is 15.7 Å². The molecule has 0 aromatic heterocycles. The van der Waals surface area contributed by atoms with Crippen molar-refractivity contribution in [2.45, 2.75) is 31.4 Å². The average molecular weight is 252 g/mol. The Labute approximate surface area is 107 Å². The predicted molar refractivity (Wildman–Crippen MR) is 69.9 cm³/mol. The van der Waals surface area contributed by atoms with Gasteiger partial charge in [-0.2, -0.15) is 0 Å². The zero-order valence-electron chi connectivity index (χ0n) is 10.7. The van der Waals surface area contributed by atoms with E-state index in [1.54, 1.807) is 12.1 Å². The highest BCUT2D eigenvalue weighted by Crippen LogP contribution is 2.19. The lowest BCUT2D eigenvalue weighted by Gasteiger charge is -2.36. The average Bonchev–Trinajstić information content (AvgIpc) is 2.37. The Kier molecular flexibility index (Phi) is 4.32. The van der Waals surface area contributed by atoms with E-state index >= 15 is 0 Å². The van der Waals surface area contributed by atoms with Gasteiger partial charge >= 0.3 is 0 Å². The summed E-state index contributed by atoms with van der Waals surface area (Å²) in [6, 6.07) is 6.15. The van der Waals surface area contributed by atoms with Crippen LogP contribution in [0.5, 0.6) is 0 Å². The van der Waals surface area contributed by atoms with Crippen molar-refractivity contribution in [1.82, 2.24) is 10.6 Å². The normalized spacial score (nSPS) is 20.6. The molecule has 3 nitrogen and oxygen atoms in total. The SMILES string of the molecule is CC1(NC[C@H](O)c2cccc(F)c2)CCNCC1. The first kappa shape index (κ1) is 13.5. The van der Waals surface area contributed by atoms with E-state index in [0.717, 1.165) is 25.9 Å². The Hall–Kier alpha value is -0.970. The number of halogens is 1. The van der Waals surface area contributed by atoms with Crippen molar-refractivity contribution in [3.05, 3.63) is 35.6 Å². The number of benzene rings is 1. The van der Waals surface area contributed by atoms with Gasteiger partial charge in [0.1, 0.15) is 5.82 Å². The topological polar surface area (TPSA) is 44.3 Å². The van der Waals surface area contributed by atoms with Crippen LogP contribution >= 0.6 is 0 Å². The highest BCUT2D eigenvalue weighted by Gasteiger charge is 2.26. The van der Waals surface area contributed by atoms with Gasteiger partial charge in [0.2, 0.25) is 0 Å². The standard InChI is InChI=1S/C14H21FN2O/c1-14(5-7-16-8-6-14)17-10-13(18)11-3-2-4-12(15)9-11/h2-4,9,13,16-18H,5-8,10H2,1H3/t13-/m0/s1. The molecule has 0 aliphatic carbocycles. The van der Waals surface area contributed by atoms with Crippen molar-refractivity contribution in [3.63, 3.8) is 0 Å². The first-order chi connectivity index (χ1) is 8.59. The van der Waals surface area contributed by atoms with Crippen LogP contribution in [0.15, 0.2) is 24.3 Å². The number of aliphatic hydroxyl groups excluding tert-OH is 1. The van der Waals surface area contributed by atoms with Gasteiger partial charge in [-0.25, -0.2) is 4.39 Å². The van der Waals surface area contributed by atoms with Gasteiger partial charge in [-0.1, -0.05) is 12.1 Å². The molecule has 1 aromatic rings.